The molecule has 9 heteroatoms. The van der Waals surface area contributed by atoms with Gasteiger partial charge in [0.15, 0.2) is 10.4 Å². The topological polar surface area (TPSA) is 92.5 Å². The van der Waals surface area contributed by atoms with Crippen LogP contribution in [-0.4, -0.2) is 30.2 Å². The summed E-state index contributed by atoms with van der Waals surface area (Å²) in [6.45, 7) is 0.466. The molecule has 0 unspecified atom stereocenters. The zero-order valence-corrected chi connectivity index (χ0v) is 18.4. The van der Waals surface area contributed by atoms with Crippen LogP contribution < -0.4 is 5.32 Å². The highest BCUT2D eigenvalue weighted by Gasteiger charge is 2.34. The molecule has 156 valence electrons. The van der Waals surface area contributed by atoms with Crippen molar-refractivity contribution in [2.45, 2.75) is 30.2 Å². The summed E-state index contributed by atoms with van der Waals surface area (Å²) in [6, 6.07) is 12.9. The largest absolute Gasteiger partial charge is 0.444 e. The van der Waals surface area contributed by atoms with Gasteiger partial charge in [-0.05, 0) is 76.8 Å². The first-order valence-corrected chi connectivity index (χ1v) is 11.8. The van der Waals surface area contributed by atoms with Crippen molar-refractivity contribution in [1.82, 2.24) is 9.29 Å². The summed E-state index contributed by atoms with van der Waals surface area (Å²) in [4.78, 5) is 16.5. The number of carbonyl (C=O) groups is 1. The highest BCUT2D eigenvalue weighted by molar-refractivity contribution is 9.10. The number of sulfonamides is 1. The second kappa shape index (κ2) is 8.71. The summed E-state index contributed by atoms with van der Waals surface area (Å²) in [5, 5.41) is 2.69. The Morgan fingerprint density at radius 1 is 1.13 bits per heavy atom. The number of nitrogens with one attached hydrogen (secondary N) is 1. The van der Waals surface area contributed by atoms with E-state index in [9.17, 15) is 13.2 Å². The number of carbonyl (C=O) groups excluding carboxylic acids is 1. The highest BCUT2D eigenvalue weighted by atomic mass is 79.9. The van der Waals surface area contributed by atoms with E-state index in [0.717, 1.165) is 24.8 Å². The first kappa shape index (κ1) is 20.8. The molecule has 1 fully saturated rings. The van der Waals surface area contributed by atoms with E-state index < -0.39 is 15.9 Å². The SMILES string of the molecule is O=C(Nc1ccc(S(=O)(=O)N2CCCC[C@H]2c2cccnc2)cc1)c1ccc(Br)o1. The maximum atomic E-state index is 13.3. The number of rotatable bonds is 5. The van der Waals surface area contributed by atoms with Crippen molar-refractivity contribution in [3.8, 4) is 0 Å². The van der Waals surface area contributed by atoms with E-state index >= 15 is 0 Å². The molecular formula is C21H20BrN3O4S. The fourth-order valence-corrected chi connectivity index (χ4v) is 5.56. The minimum absolute atomic E-state index is 0.159. The molecule has 1 saturated heterocycles. The van der Waals surface area contributed by atoms with Crippen LogP contribution in [0.15, 0.2) is 74.9 Å². The van der Waals surface area contributed by atoms with Crippen molar-refractivity contribution in [3.05, 3.63) is 76.9 Å². The van der Waals surface area contributed by atoms with Gasteiger partial charge in [0.25, 0.3) is 5.91 Å². The number of furan rings is 1. The number of benzene rings is 1. The van der Waals surface area contributed by atoms with Crippen LogP contribution in [0.2, 0.25) is 0 Å². The maximum Gasteiger partial charge on any atom is 0.291 e. The molecule has 4 rings (SSSR count). The van der Waals surface area contributed by atoms with Crippen molar-refractivity contribution in [2.24, 2.45) is 0 Å². The Morgan fingerprint density at radius 2 is 1.93 bits per heavy atom. The Kier molecular flexibility index (Phi) is 6.03. The fourth-order valence-electron chi connectivity index (χ4n) is 3.57. The summed E-state index contributed by atoms with van der Waals surface area (Å²) in [5.74, 6) is -0.254. The third-order valence-electron chi connectivity index (χ3n) is 5.04. The number of anilines is 1. The number of nitrogens with zero attached hydrogens (tertiary/aromatic N) is 2. The molecule has 0 saturated carbocycles. The first-order valence-electron chi connectivity index (χ1n) is 9.54. The Hall–Kier alpha value is -2.49. The van der Waals surface area contributed by atoms with Gasteiger partial charge in [-0.15, -0.1) is 0 Å². The van der Waals surface area contributed by atoms with E-state index in [4.69, 9.17) is 4.42 Å². The molecule has 1 aliphatic heterocycles. The van der Waals surface area contributed by atoms with Crippen molar-refractivity contribution >= 4 is 37.5 Å². The van der Waals surface area contributed by atoms with Crippen molar-refractivity contribution in [2.75, 3.05) is 11.9 Å². The van der Waals surface area contributed by atoms with E-state index in [2.05, 4.69) is 26.2 Å². The molecule has 0 bridgehead atoms. The van der Waals surface area contributed by atoms with E-state index in [0.29, 0.717) is 16.9 Å². The zero-order valence-electron chi connectivity index (χ0n) is 16.0. The fraction of sp³-hybridized carbons (Fsp3) is 0.238. The molecule has 7 nitrogen and oxygen atoms in total. The van der Waals surface area contributed by atoms with Crippen molar-refractivity contribution in [3.63, 3.8) is 0 Å². The molecule has 3 aromatic rings. The van der Waals surface area contributed by atoms with E-state index in [1.807, 2.05) is 12.1 Å². The summed E-state index contributed by atoms with van der Waals surface area (Å²) in [5.41, 5.74) is 1.38. The predicted octanol–water partition coefficient (Wildman–Crippen LogP) is 4.61. The lowest BCUT2D eigenvalue weighted by molar-refractivity contribution is 0.0995. The van der Waals surface area contributed by atoms with Crippen molar-refractivity contribution in [1.29, 1.82) is 0 Å². The molecule has 3 heterocycles. The quantitative estimate of drug-likeness (QED) is 0.564. The second-order valence-corrected chi connectivity index (χ2v) is 9.67. The molecule has 0 radical (unpaired) electrons. The lowest BCUT2D eigenvalue weighted by Crippen LogP contribution is -2.38. The smallest absolute Gasteiger partial charge is 0.291 e. The van der Waals surface area contributed by atoms with Crippen LogP contribution >= 0.6 is 15.9 Å². The van der Waals surface area contributed by atoms with Crippen LogP contribution in [0.5, 0.6) is 0 Å². The van der Waals surface area contributed by atoms with Gasteiger partial charge in [-0.2, -0.15) is 4.31 Å². The molecule has 0 spiro atoms. The molecule has 1 amide bonds. The second-order valence-electron chi connectivity index (χ2n) is 7.00. The summed E-state index contributed by atoms with van der Waals surface area (Å²) in [6.07, 6.45) is 5.96. The number of amides is 1. The molecule has 1 atom stereocenters. The monoisotopic (exact) mass is 489 g/mol. The van der Waals surface area contributed by atoms with E-state index in [1.165, 1.54) is 12.1 Å². The molecular weight excluding hydrogens is 470 g/mol. The number of aromatic nitrogens is 1. The Balaban J connectivity index is 1.54. The minimum Gasteiger partial charge on any atom is -0.444 e. The van der Waals surface area contributed by atoms with Gasteiger partial charge in [0, 0.05) is 24.6 Å². The van der Waals surface area contributed by atoms with E-state index in [-0.39, 0.29) is 16.7 Å². The van der Waals surface area contributed by atoms with Gasteiger partial charge in [-0.1, -0.05) is 12.5 Å². The van der Waals surface area contributed by atoms with Crippen LogP contribution in [0.25, 0.3) is 0 Å². The third kappa shape index (κ3) is 4.33. The Labute approximate surface area is 183 Å². The van der Waals surface area contributed by atoms with E-state index in [1.54, 1.807) is 41.0 Å². The van der Waals surface area contributed by atoms with Crippen LogP contribution in [-0.2, 0) is 10.0 Å². The molecule has 2 aromatic heterocycles. The number of halogens is 1. The first-order chi connectivity index (χ1) is 14.4. The van der Waals surface area contributed by atoms with Crippen LogP contribution in [0.3, 0.4) is 0 Å². The lowest BCUT2D eigenvalue weighted by atomic mass is 9.99. The summed E-state index contributed by atoms with van der Waals surface area (Å²) in [7, 11) is -3.69. The predicted molar refractivity (Wildman–Crippen MR) is 116 cm³/mol. The van der Waals surface area contributed by atoms with Gasteiger partial charge >= 0.3 is 0 Å². The summed E-state index contributed by atoms with van der Waals surface area (Å²) >= 11 is 3.15. The van der Waals surface area contributed by atoms with Crippen LogP contribution in [0, 0.1) is 0 Å². The minimum atomic E-state index is -3.69. The van der Waals surface area contributed by atoms with Gasteiger partial charge in [-0.25, -0.2) is 8.42 Å². The molecule has 1 aliphatic rings. The standard InChI is InChI=1S/C21H20BrN3O4S/c22-20-11-10-19(29-20)21(26)24-16-6-8-17(9-7-16)30(27,28)25-13-2-1-5-18(25)15-4-3-12-23-14-15/h3-4,6-12,14,18H,1-2,5,13H2,(H,24,26)/t18-/m0/s1. The average molecular weight is 490 g/mol. The number of hydrogen-bond acceptors (Lipinski definition) is 5. The summed E-state index contributed by atoms with van der Waals surface area (Å²) < 4.78 is 33.9. The highest BCUT2D eigenvalue weighted by Crippen LogP contribution is 2.35. The third-order valence-corrected chi connectivity index (χ3v) is 7.39. The maximum absolute atomic E-state index is 13.3. The zero-order chi connectivity index (χ0) is 21.1. The molecule has 0 aliphatic carbocycles. The van der Waals surface area contributed by atoms with Gasteiger partial charge in [0.05, 0.1) is 10.9 Å². The van der Waals surface area contributed by atoms with Gasteiger partial charge in [-0.3, -0.25) is 9.78 Å². The Bertz CT molecular complexity index is 1130. The lowest BCUT2D eigenvalue weighted by Gasteiger charge is -2.34. The van der Waals surface area contributed by atoms with Crippen LogP contribution in [0.4, 0.5) is 5.69 Å². The molecule has 30 heavy (non-hydrogen) atoms. The number of pyridine rings is 1. The average Bonchev–Trinajstić information content (AvgIpc) is 3.21. The number of piperidine rings is 1. The molecule has 1 aromatic carbocycles. The van der Waals surface area contributed by atoms with Crippen LogP contribution in [0.1, 0.15) is 41.4 Å². The van der Waals surface area contributed by atoms with Gasteiger partial charge in [0.2, 0.25) is 10.0 Å². The molecule has 1 N–H and O–H groups in total. The van der Waals surface area contributed by atoms with Gasteiger partial charge < -0.3 is 9.73 Å². The van der Waals surface area contributed by atoms with Crippen molar-refractivity contribution < 1.29 is 17.6 Å². The van der Waals surface area contributed by atoms with Gasteiger partial charge in [0.1, 0.15) is 0 Å². The normalized spacial score (nSPS) is 17.6. The number of hydrogen-bond donors (Lipinski definition) is 1. The Morgan fingerprint density at radius 3 is 2.60 bits per heavy atom.